The maximum atomic E-state index is 12.6. The Bertz CT molecular complexity index is 583. The van der Waals surface area contributed by atoms with Crippen LogP contribution in [0.4, 0.5) is 0 Å². The molecule has 0 aromatic rings. The van der Waals surface area contributed by atoms with Crippen LogP contribution in [0.1, 0.15) is 65.2 Å². The van der Waals surface area contributed by atoms with Crippen molar-refractivity contribution in [2.75, 3.05) is 13.2 Å². The van der Waals surface area contributed by atoms with Gasteiger partial charge in [0, 0.05) is 23.6 Å². The van der Waals surface area contributed by atoms with Gasteiger partial charge in [-0.15, -0.1) is 0 Å². The van der Waals surface area contributed by atoms with Gasteiger partial charge in [-0.1, -0.05) is 37.7 Å². The molecule has 6 nitrogen and oxygen atoms in total. The lowest BCUT2D eigenvalue weighted by Crippen LogP contribution is -2.57. The average molecular weight is 378 g/mol. The Balaban J connectivity index is 1.61. The minimum absolute atomic E-state index is 0.0435. The van der Waals surface area contributed by atoms with E-state index in [1.54, 1.807) is 0 Å². The number of rotatable bonds is 6. The Labute approximate surface area is 162 Å². The lowest BCUT2D eigenvalue weighted by atomic mass is 9.76. The zero-order valence-corrected chi connectivity index (χ0v) is 16.7. The van der Waals surface area contributed by atoms with Gasteiger partial charge < -0.3 is 21.1 Å². The van der Waals surface area contributed by atoms with Crippen molar-refractivity contribution in [2.45, 2.75) is 83.3 Å². The Kier molecular flexibility index (Phi) is 6.93. The second-order valence-electron chi connectivity index (χ2n) is 8.66. The van der Waals surface area contributed by atoms with Gasteiger partial charge in [0.15, 0.2) is 0 Å². The molecule has 3 rings (SSSR count). The van der Waals surface area contributed by atoms with Crippen molar-refractivity contribution >= 4 is 11.8 Å². The highest BCUT2D eigenvalue weighted by molar-refractivity contribution is 6.00. The van der Waals surface area contributed by atoms with Crippen LogP contribution in [-0.4, -0.2) is 48.2 Å². The first-order chi connectivity index (χ1) is 13.0. The van der Waals surface area contributed by atoms with Gasteiger partial charge in [-0.3, -0.25) is 9.59 Å². The number of fused-ring (bicyclic) bond motifs is 1. The van der Waals surface area contributed by atoms with Gasteiger partial charge >= 0.3 is 0 Å². The minimum atomic E-state index is -0.212. The van der Waals surface area contributed by atoms with Gasteiger partial charge in [-0.2, -0.15) is 0 Å². The van der Waals surface area contributed by atoms with Crippen molar-refractivity contribution in [1.82, 2.24) is 16.0 Å². The third-order valence-corrected chi connectivity index (χ3v) is 6.73. The number of amides is 2. The maximum Gasteiger partial charge on any atom is 0.247 e. The van der Waals surface area contributed by atoms with E-state index < -0.39 is 0 Å². The Morgan fingerprint density at radius 1 is 1.26 bits per heavy atom. The third kappa shape index (κ3) is 4.91. The molecule has 1 saturated heterocycles. The highest BCUT2D eigenvalue weighted by Crippen LogP contribution is 2.32. The molecule has 0 aromatic heterocycles. The molecule has 0 aromatic carbocycles. The molecule has 0 spiro atoms. The molecule has 27 heavy (non-hydrogen) atoms. The lowest BCUT2D eigenvalue weighted by Gasteiger charge is -2.42. The summed E-state index contributed by atoms with van der Waals surface area (Å²) in [7, 11) is 0. The van der Waals surface area contributed by atoms with E-state index in [9.17, 15) is 14.7 Å². The zero-order chi connectivity index (χ0) is 19.4. The van der Waals surface area contributed by atoms with E-state index in [2.05, 4.69) is 22.9 Å². The van der Waals surface area contributed by atoms with Gasteiger partial charge in [-0.25, -0.2) is 0 Å². The summed E-state index contributed by atoms with van der Waals surface area (Å²) in [5.41, 5.74) is 1.63. The van der Waals surface area contributed by atoms with Crippen LogP contribution >= 0.6 is 0 Å². The molecule has 2 fully saturated rings. The monoisotopic (exact) mass is 377 g/mol. The van der Waals surface area contributed by atoms with Crippen LogP contribution in [0.25, 0.3) is 0 Å². The molecule has 2 aliphatic heterocycles. The first-order valence-corrected chi connectivity index (χ1v) is 10.6. The summed E-state index contributed by atoms with van der Waals surface area (Å²) in [5, 5.41) is 19.2. The van der Waals surface area contributed by atoms with E-state index in [1.165, 1.54) is 32.1 Å². The van der Waals surface area contributed by atoms with Gasteiger partial charge in [0.2, 0.25) is 11.8 Å². The normalized spacial score (nSPS) is 30.5. The molecule has 3 unspecified atom stereocenters. The molecule has 2 heterocycles. The molecule has 0 radical (unpaired) electrons. The number of nitrogens with one attached hydrogen (secondary N) is 3. The first-order valence-electron chi connectivity index (χ1n) is 10.6. The highest BCUT2D eigenvalue weighted by atomic mass is 16.3. The number of carbonyl (C=O) groups is 2. The van der Waals surface area contributed by atoms with Crippen LogP contribution in [0.2, 0.25) is 0 Å². The van der Waals surface area contributed by atoms with Gasteiger partial charge in [-0.05, 0) is 39.2 Å². The number of carbonyl (C=O) groups excluding carboxylic acids is 2. The zero-order valence-electron chi connectivity index (χ0n) is 16.7. The average Bonchev–Trinajstić information content (AvgIpc) is 2.65. The Morgan fingerprint density at radius 3 is 2.70 bits per heavy atom. The fraction of sp³-hybridized carbons (Fsp3) is 0.810. The van der Waals surface area contributed by atoms with Crippen molar-refractivity contribution in [3.63, 3.8) is 0 Å². The van der Waals surface area contributed by atoms with Gasteiger partial charge in [0.05, 0.1) is 19.1 Å². The number of hydrogen-bond donors (Lipinski definition) is 4. The number of aliphatic hydroxyl groups is 1. The number of piperidine rings is 1. The molecule has 1 aliphatic carbocycles. The Hall–Kier alpha value is -1.40. The van der Waals surface area contributed by atoms with Crippen molar-refractivity contribution < 1.29 is 14.7 Å². The molecule has 4 atom stereocenters. The van der Waals surface area contributed by atoms with Crippen LogP contribution in [0.5, 0.6) is 0 Å². The maximum absolute atomic E-state index is 12.6. The van der Waals surface area contributed by atoms with Crippen molar-refractivity contribution in [3.8, 4) is 0 Å². The van der Waals surface area contributed by atoms with Crippen molar-refractivity contribution in [1.29, 1.82) is 0 Å². The van der Waals surface area contributed by atoms with E-state index in [-0.39, 0.29) is 42.8 Å². The largest absolute Gasteiger partial charge is 0.394 e. The smallest absolute Gasteiger partial charge is 0.247 e. The van der Waals surface area contributed by atoms with Crippen LogP contribution in [0, 0.1) is 11.8 Å². The highest BCUT2D eigenvalue weighted by Gasteiger charge is 2.39. The van der Waals surface area contributed by atoms with Gasteiger partial charge in [0.1, 0.15) is 0 Å². The molecule has 3 aliphatic rings. The molecular weight excluding hydrogens is 342 g/mol. The quantitative estimate of drug-likeness (QED) is 0.566. The molecular formula is C21H35N3O3. The van der Waals surface area contributed by atoms with E-state index >= 15 is 0 Å². The summed E-state index contributed by atoms with van der Waals surface area (Å²) in [6, 6.07) is 0.243. The fourth-order valence-electron chi connectivity index (χ4n) is 5.26. The minimum Gasteiger partial charge on any atom is -0.394 e. The van der Waals surface area contributed by atoms with Crippen molar-refractivity contribution in [3.05, 3.63) is 11.1 Å². The van der Waals surface area contributed by atoms with Crippen LogP contribution in [0.15, 0.2) is 11.1 Å². The van der Waals surface area contributed by atoms with E-state index in [4.69, 9.17) is 0 Å². The summed E-state index contributed by atoms with van der Waals surface area (Å²) in [5.74, 6) is 0.565. The standard InChI is InChI=1S/C21H35N3O3/c1-13-17(21(27)24-18-8-9-22-14(2)20(13)18)11-19(26)23-16(12-25)10-15-6-4-3-5-7-15/h14-16,18,20,22,25H,3-12H2,1-2H3,(H,23,26)(H,24,27)/t14?,16-,18?,20?/m0/s1. The fourth-order valence-corrected chi connectivity index (χ4v) is 5.26. The third-order valence-electron chi connectivity index (χ3n) is 6.73. The SMILES string of the molecule is CC1=C(CC(=O)N[C@H](CO)CC2CCCCC2)C(=O)NC2CCNC(C)C12. The van der Waals surface area contributed by atoms with Gasteiger partial charge in [0.25, 0.3) is 0 Å². The summed E-state index contributed by atoms with van der Waals surface area (Å²) in [6.45, 7) is 5.00. The summed E-state index contributed by atoms with van der Waals surface area (Å²) >= 11 is 0. The van der Waals surface area contributed by atoms with Crippen molar-refractivity contribution in [2.24, 2.45) is 11.8 Å². The predicted molar refractivity (Wildman–Crippen MR) is 105 cm³/mol. The molecule has 152 valence electrons. The van der Waals surface area contributed by atoms with E-state index in [0.717, 1.165) is 25.0 Å². The van der Waals surface area contributed by atoms with E-state index in [0.29, 0.717) is 17.5 Å². The molecule has 0 bridgehead atoms. The second kappa shape index (κ2) is 9.20. The molecule has 4 N–H and O–H groups in total. The van der Waals surface area contributed by atoms with Crippen LogP contribution in [0.3, 0.4) is 0 Å². The lowest BCUT2D eigenvalue weighted by molar-refractivity contribution is -0.125. The molecule has 2 amide bonds. The summed E-state index contributed by atoms with van der Waals surface area (Å²) in [4.78, 5) is 25.2. The Morgan fingerprint density at radius 2 is 2.00 bits per heavy atom. The van der Waals surface area contributed by atoms with Crippen LogP contribution < -0.4 is 16.0 Å². The molecule has 1 saturated carbocycles. The number of aliphatic hydroxyl groups excluding tert-OH is 1. The van der Waals surface area contributed by atoms with Crippen LogP contribution in [-0.2, 0) is 9.59 Å². The van der Waals surface area contributed by atoms with E-state index in [1.807, 2.05) is 6.92 Å². The second-order valence-corrected chi connectivity index (χ2v) is 8.66. The first kappa shape index (κ1) is 20.3. The predicted octanol–water partition coefficient (Wildman–Crippen LogP) is 1.64. The number of hydrogen-bond acceptors (Lipinski definition) is 4. The summed E-state index contributed by atoms with van der Waals surface area (Å²) in [6.07, 6.45) is 8.01. The summed E-state index contributed by atoms with van der Waals surface area (Å²) < 4.78 is 0. The molecule has 6 heteroatoms. The topological polar surface area (TPSA) is 90.5 Å².